The highest BCUT2D eigenvalue weighted by atomic mass is 35.5. The minimum atomic E-state index is -1.11. The highest BCUT2D eigenvalue weighted by Crippen LogP contribution is 2.17. The van der Waals surface area contributed by atoms with Crippen molar-refractivity contribution in [2.24, 2.45) is 5.73 Å². The van der Waals surface area contributed by atoms with Crippen LogP contribution in [0.5, 0.6) is 0 Å². The zero-order valence-electron chi connectivity index (χ0n) is 7.81. The van der Waals surface area contributed by atoms with E-state index in [1.54, 1.807) is 0 Å². The smallest absolute Gasteiger partial charge is 0.335 e. The van der Waals surface area contributed by atoms with E-state index in [2.05, 4.69) is 6.58 Å². The van der Waals surface area contributed by atoms with Crippen LogP contribution in [0.25, 0.3) is 0 Å². The van der Waals surface area contributed by atoms with Crippen LogP contribution in [0.4, 0.5) is 4.39 Å². The standard InChI is InChI=1S/C10H10FNO2.ClH/c1-2-9(12)7-5-6(10(13)14)3-4-8(7)11;/h2-5,9H,1,12H2,(H,13,14);1H. The van der Waals surface area contributed by atoms with Gasteiger partial charge in [-0.15, -0.1) is 19.0 Å². The van der Waals surface area contributed by atoms with Gasteiger partial charge in [-0.05, 0) is 18.2 Å². The largest absolute Gasteiger partial charge is 0.478 e. The molecule has 5 heteroatoms. The molecule has 0 spiro atoms. The van der Waals surface area contributed by atoms with E-state index in [4.69, 9.17) is 10.8 Å². The van der Waals surface area contributed by atoms with Gasteiger partial charge in [-0.1, -0.05) is 6.08 Å². The fourth-order valence-electron chi connectivity index (χ4n) is 1.06. The van der Waals surface area contributed by atoms with Crippen molar-refractivity contribution >= 4 is 18.4 Å². The van der Waals surface area contributed by atoms with E-state index in [1.807, 2.05) is 0 Å². The Bertz CT molecular complexity index is 382. The third-order valence-corrected chi connectivity index (χ3v) is 1.86. The highest BCUT2D eigenvalue weighted by molar-refractivity contribution is 5.87. The van der Waals surface area contributed by atoms with Crippen LogP contribution in [-0.4, -0.2) is 11.1 Å². The van der Waals surface area contributed by atoms with E-state index in [1.165, 1.54) is 18.2 Å². The molecule has 1 aromatic rings. The first kappa shape index (κ1) is 13.6. The molecule has 1 atom stereocenters. The molecule has 0 radical (unpaired) electrons. The molecule has 1 rings (SSSR count). The molecule has 0 aromatic heterocycles. The molecular formula is C10H11ClFNO2. The Balaban J connectivity index is 0.00000196. The number of halogens is 2. The van der Waals surface area contributed by atoms with E-state index in [0.717, 1.165) is 6.07 Å². The first-order chi connectivity index (χ1) is 6.56. The normalized spacial score (nSPS) is 11.3. The minimum Gasteiger partial charge on any atom is -0.478 e. The van der Waals surface area contributed by atoms with Gasteiger partial charge in [-0.3, -0.25) is 0 Å². The lowest BCUT2D eigenvalue weighted by Gasteiger charge is -2.08. The predicted molar refractivity (Wildman–Crippen MR) is 57.7 cm³/mol. The zero-order valence-corrected chi connectivity index (χ0v) is 8.63. The number of carbonyl (C=O) groups is 1. The maximum absolute atomic E-state index is 13.1. The van der Waals surface area contributed by atoms with Gasteiger partial charge in [-0.25, -0.2) is 9.18 Å². The van der Waals surface area contributed by atoms with Gasteiger partial charge < -0.3 is 10.8 Å². The number of carboxylic acids is 1. The number of hydrogen-bond acceptors (Lipinski definition) is 2. The zero-order chi connectivity index (χ0) is 10.7. The lowest BCUT2D eigenvalue weighted by molar-refractivity contribution is 0.0696. The van der Waals surface area contributed by atoms with Crippen LogP contribution >= 0.6 is 12.4 Å². The Kier molecular flexibility index (Phi) is 4.97. The number of hydrogen-bond donors (Lipinski definition) is 2. The Hall–Kier alpha value is -1.39. The summed E-state index contributed by atoms with van der Waals surface area (Å²) in [5.74, 6) is -1.63. The van der Waals surface area contributed by atoms with Crippen molar-refractivity contribution in [3.05, 3.63) is 47.8 Å². The summed E-state index contributed by atoms with van der Waals surface area (Å²) in [6, 6.07) is 2.80. The van der Waals surface area contributed by atoms with Crippen LogP contribution in [0.2, 0.25) is 0 Å². The van der Waals surface area contributed by atoms with Gasteiger partial charge in [0, 0.05) is 5.56 Å². The molecule has 0 fully saturated rings. The Morgan fingerprint density at radius 1 is 1.60 bits per heavy atom. The minimum absolute atomic E-state index is 0. The lowest BCUT2D eigenvalue weighted by atomic mass is 10.0. The van der Waals surface area contributed by atoms with Crippen LogP contribution in [0, 0.1) is 5.82 Å². The second-order valence-electron chi connectivity index (χ2n) is 2.80. The number of rotatable bonds is 3. The molecule has 15 heavy (non-hydrogen) atoms. The fraction of sp³-hybridized carbons (Fsp3) is 0.100. The van der Waals surface area contributed by atoms with Gasteiger partial charge in [-0.2, -0.15) is 0 Å². The lowest BCUT2D eigenvalue weighted by Crippen LogP contribution is -2.10. The molecule has 0 heterocycles. The number of nitrogens with two attached hydrogens (primary N) is 1. The molecule has 0 aliphatic rings. The van der Waals surface area contributed by atoms with E-state index in [0.29, 0.717) is 0 Å². The Morgan fingerprint density at radius 3 is 2.67 bits per heavy atom. The fourth-order valence-corrected chi connectivity index (χ4v) is 1.06. The topological polar surface area (TPSA) is 63.3 Å². The summed E-state index contributed by atoms with van der Waals surface area (Å²) in [5.41, 5.74) is 5.66. The van der Waals surface area contributed by atoms with Crippen LogP contribution in [0.3, 0.4) is 0 Å². The predicted octanol–water partition coefficient (Wildman–Crippen LogP) is 2.13. The summed E-state index contributed by atoms with van der Waals surface area (Å²) in [5, 5.41) is 8.67. The van der Waals surface area contributed by atoms with Crippen LogP contribution < -0.4 is 5.73 Å². The van der Waals surface area contributed by atoms with Crippen molar-refractivity contribution in [1.82, 2.24) is 0 Å². The van der Waals surface area contributed by atoms with Crippen molar-refractivity contribution in [3.8, 4) is 0 Å². The Labute approximate surface area is 92.8 Å². The SMILES string of the molecule is C=CC(N)c1cc(C(=O)O)ccc1F.Cl. The highest BCUT2D eigenvalue weighted by Gasteiger charge is 2.11. The molecule has 0 aliphatic heterocycles. The number of aromatic carboxylic acids is 1. The Morgan fingerprint density at radius 2 is 2.20 bits per heavy atom. The number of carboxylic acid groups (broad SMARTS) is 1. The average molecular weight is 232 g/mol. The monoisotopic (exact) mass is 231 g/mol. The molecular weight excluding hydrogens is 221 g/mol. The van der Waals surface area contributed by atoms with E-state index in [-0.39, 0.29) is 23.5 Å². The van der Waals surface area contributed by atoms with E-state index >= 15 is 0 Å². The molecule has 0 saturated heterocycles. The summed E-state index contributed by atoms with van der Waals surface area (Å²) in [4.78, 5) is 10.6. The maximum Gasteiger partial charge on any atom is 0.335 e. The van der Waals surface area contributed by atoms with Gasteiger partial charge in [0.05, 0.1) is 11.6 Å². The van der Waals surface area contributed by atoms with Crippen molar-refractivity contribution in [1.29, 1.82) is 0 Å². The van der Waals surface area contributed by atoms with Gasteiger partial charge >= 0.3 is 5.97 Å². The van der Waals surface area contributed by atoms with Gasteiger partial charge in [0.15, 0.2) is 0 Å². The molecule has 0 amide bonds. The third kappa shape index (κ3) is 3.04. The molecule has 0 aliphatic carbocycles. The molecule has 0 saturated carbocycles. The summed E-state index contributed by atoms with van der Waals surface area (Å²) < 4.78 is 13.1. The van der Waals surface area contributed by atoms with E-state index < -0.39 is 17.8 Å². The van der Waals surface area contributed by atoms with Gasteiger partial charge in [0.1, 0.15) is 5.82 Å². The third-order valence-electron chi connectivity index (χ3n) is 1.86. The summed E-state index contributed by atoms with van der Waals surface area (Å²) in [6.45, 7) is 3.41. The molecule has 1 aromatic carbocycles. The van der Waals surface area contributed by atoms with Gasteiger partial charge in [0.2, 0.25) is 0 Å². The summed E-state index contributed by atoms with van der Waals surface area (Å²) >= 11 is 0. The van der Waals surface area contributed by atoms with Crippen molar-refractivity contribution in [3.63, 3.8) is 0 Å². The molecule has 3 nitrogen and oxygen atoms in total. The van der Waals surface area contributed by atoms with Crippen LogP contribution in [-0.2, 0) is 0 Å². The first-order valence-electron chi connectivity index (χ1n) is 3.97. The average Bonchev–Trinajstić information content (AvgIpc) is 2.17. The molecule has 0 bridgehead atoms. The quantitative estimate of drug-likeness (QED) is 0.784. The molecule has 3 N–H and O–H groups in total. The van der Waals surface area contributed by atoms with Crippen molar-refractivity contribution in [2.75, 3.05) is 0 Å². The second kappa shape index (κ2) is 5.48. The van der Waals surface area contributed by atoms with Gasteiger partial charge in [0.25, 0.3) is 0 Å². The van der Waals surface area contributed by atoms with Crippen LogP contribution in [0.1, 0.15) is 22.0 Å². The first-order valence-corrected chi connectivity index (χ1v) is 3.97. The molecule has 1 unspecified atom stereocenters. The van der Waals surface area contributed by atoms with Crippen molar-refractivity contribution < 1.29 is 14.3 Å². The summed E-state index contributed by atoms with van der Waals surface area (Å²) in [7, 11) is 0. The summed E-state index contributed by atoms with van der Waals surface area (Å²) in [6.07, 6.45) is 1.35. The molecule has 82 valence electrons. The maximum atomic E-state index is 13.1. The van der Waals surface area contributed by atoms with Crippen molar-refractivity contribution in [2.45, 2.75) is 6.04 Å². The van der Waals surface area contributed by atoms with E-state index in [9.17, 15) is 9.18 Å². The van der Waals surface area contributed by atoms with Crippen LogP contribution in [0.15, 0.2) is 30.9 Å². The second-order valence-corrected chi connectivity index (χ2v) is 2.80. The number of benzene rings is 1.